The van der Waals surface area contributed by atoms with Crippen LogP contribution in [0.3, 0.4) is 0 Å². The minimum Gasteiger partial charge on any atom is -0.375 e. The highest BCUT2D eigenvalue weighted by molar-refractivity contribution is 6.34. The molecule has 116 valence electrons. The van der Waals surface area contributed by atoms with E-state index in [-0.39, 0.29) is 24.3 Å². The lowest BCUT2D eigenvalue weighted by atomic mass is 10.1. The second kappa shape index (κ2) is 6.02. The second-order valence-electron chi connectivity index (χ2n) is 5.02. The van der Waals surface area contributed by atoms with E-state index in [0.29, 0.717) is 22.5 Å². The quantitative estimate of drug-likeness (QED) is 0.877. The summed E-state index contributed by atoms with van der Waals surface area (Å²) >= 11 is 0. The molecule has 3 amide bonds. The van der Waals surface area contributed by atoms with Crippen LogP contribution in [0.4, 0.5) is 11.4 Å². The summed E-state index contributed by atoms with van der Waals surface area (Å²) in [4.78, 5) is 37.3. The maximum Gasteiger partial charge on any atom is 0.266 e. The average Bonchev–Trinajstić information content (AvgIpc) is 2.81. The van der Waals surface area contributed by atoms with Gasteiger partial charge in [-0.3, -0.25) is 14.4 Å². The van der Waals surface area contributed by atoms with E-state index in [0.717, 1.165) is 4.90 Å². The average molecular weight is 310 g/mol. The van der Waals surface area contributed by atoms with Crippen LogP contribution < -0.4 is 10.2 Å². The molecule has 3 rings (SSSR count). The summed E-state index contributed by atoms with van der Waals surface area (Å²) in [6, 6.07) is 13.2. The lowest BCUT2D eigenvalue weighted by molar-refractivity contribution is -0.119. The van der Waals surface area contributed by atoms with E-state index in [1.165, 1.54) is 7.11 Å². The number of imide groups is 1. The van der Waals surface area contributed by atoms with Crippen molar-refractivity contribution in [3.05, 3.63) is 59.7 Å². The Kier molecular flexibility index (Phi) is 3.91. The maximum absolute atomic E-state index is 12.4. The highest BCUT2D eigenvalue weighted by atomic mass is 16.5. The summed E-state index contributed by atoms with van der Waals surface area (Å²) in [6.07, 6.45) is 0. The van der Waals surface area contributed by atoms with Crippen LogP contribution in [-0.2, 0) is 9.53 Å². The molecule has 1 aliphatic heterocycles. The summed E-state index contributed by atoms with van der Waals surface area (Å²) in [6.45, 7) is -0.0415. The number of nitrogens with zero attached hydrogens (tertiary/aromatic N) is 1. The molecular weight excluding hydrogens is 296 g/mol. The molecule has 0 saturated carbocycles. The number of methoxy groups -OCH3 is 1. The Hall–Kier alpha value is -2.99. The molecule has 0 spiro atoms. The number of hydrogen-bond acceptors (Lipinski definition) is 4. The Balaban J connectivity index is 1.82. The molecule has 0 saturated heterocycles. The summed E-state index contributed by atoms with van der Waals surface area (Å²) in [7, 11) is 1.44. The van der Waals surface area contributed by atoms with Crippen molar-refractivity contribution in [2.45, 2.75) is 0 Å². The van der Waals surface area contributed by atoms with Crippen molar-refractivity contribution < 1.29 is 19.1 Å². The van der Waals surface area contributed by atoms with Crippen LogP contribution >= 0.6 is 0 Å². The first-order valence-electron chi connectivity index (χ1n) is 6.98. The number of hydrogen-bond donors (Lipinski definition) is 1. The van der Waals surface area contributed by atoms with Crippen molar-refractivity contribution in [1.29, 1.82) is 0 Å². The van der Waals surface area contributed by atoms with E-state index in [2.05, 4.69) is 5.32 Å². The van der Waals surface area contributed by atoms with Gasteiger partial charge in [-0.15, -0.1) is 0 Å². The van der Waals surface area contributed by atoms with Crippen LogP contribution in [0.5, 0.6) is 0 Å². The zero-order chi connectivity index (χ0) is 16.4. The van der Waals surface area contributed by atoms with Gasteiger partial charge in [-0.25, -0.2) is 4.90 Å². The van der Waals surface area contributed by atoms with Crippen molar-refractivity contribution in [1.82, 2.24) is 0 Å². The van der Waals surface area contributed by atoms with Gasteiger partial charge in [0.15, 0.2) is 0 Å². The first-order valence-corrected chi connectivity index (χ1v) is 6.98. The summed E-state index contributed by atoms with van der Waals surface area (Å²) in [5.74, 6) is -0.968. The van der Waals surface area contributed by atoms with Gasteiger partial charge in [0.1, 0.15) is 6.61 Å². The summed E-state index contributed by atoms with van der Waals surface area (Å²) < 4.78 is 4.74. The summed E-state index contributed by atoms with van der Waals surface area (Å²) in [5, 5.41) is 2.65. The van der Waals surface area contributed by atoms with Crippen molar-refractivity contribution >= 4 is 29.1 Å². The fraction of sp³-hybridized carbons (Fsp3) is 0.118. The molecule has 1 N–H and O–H groups in total. The third kappa shape index (κ3) is 2.72. The van der Waals surface area contributed by atoms with Gasteiger partial charge >= 0.3 is 0 Å². The largest absolute Gasteiger partial charge is 0.375 e. The molecule has 2 aromatic rings. The fourth-order valence-corrected chi connectivity index (χ4v) is 2.45. The Bertz CT molecular complexity index is 748. The third-order valence-electron chi connectivity index (χ3n) is 3.48. The van der Waals surface area contributed by atoms with Crippen LogP contribution in [0.25, 0.3) is 0 Å². The fourth-order valence-electron chi connectivity index (χ4n) is 2.45. The van der Waals surface area contributed by atoms with Gasteiger partial charge in [0.25, 0.3) is 11.8 Å². The molecule has 1 heterocycles. The monoisotopic (exact) mass is 310 g/mol. The Morgan fingerprint density at radius 1 is 1.00 bits per heavy atom. The van der Waals surface area contributed by atoms with E-state index >= 15 is 0 Å². The van der Waals surface area contributed by atoms with E-state index in [9.17, 15) is 14.4 Å². The SMILES string of the molecule is COCC(=O)Nc1ccc(N2C(=O)c3ccccc3C2=O)cc1. The number of amides is 3. The zero-order valence-electron chi connectivity index (χ0n) is 12.4. The van der Waals surface area contributed by atoms with E-state index in [4.69, 9.17) is 4.74 Å². The van der Waals surface area contributed by atoms with Crippen LogP contribution in [0, 0.1) is 0 Å². The molecule has 0 aliphatic carbocycles. The molecule has 1 aliphatic rings. The van der Waals surface area contributed by atoms with Gasteiger partial charge in [-0.1, -0.05) is 12.1 Å². The molecule has 0 radical (unpaired) electrons. The molecule has 0 fully saturated rings. The number of nitrogens with one attached hydrogen (secondary N) is 1. The molecule has 6 heteroatoms. The van der Waals surface area contributed by atoms with Gasteiger partial charge < -0.3 is 10.1 Å². The van der Waals surface area contributed by atoms with Gasteiger partial charge in [0.05, 0.1) is 16.8 Å². The first-order chi connectivity index (χ1) is 11.1. The minimum atomic E-state index is -0.346. The topological polar surface area (TPSA) is 75.7 Å². The van der Waals surface area contributed by atoms with Gasteiger partial charge in [0, 0.05) is 12.8 Å². The lowest BCUT2D eigenvalue weighted by Gasteiger charge is -2.14. The minimum absolute atomic E-state index is 0.0415. The third-order valence-corrected chi connectivity index (χ3v) is 3.48. The smallest absolute Gasteiger partial charge is 0.266 e. The number of fused-ring (bicyclic) bond motifs is 1. The predicted octanol–water partition coefficient (Wildman–Crippen LogP) is 2.07. The molecule has 0 aromatic heterocycles. The molecule has 0 atom stereocenters. The molecular formula is C17H14N2O4. The van der Waals surface area contributed by atoms with Crippen molar-refractivity contribution in [2.24, 2.45) is 0 Å². The Morgan fingerprint density at radius 3 is 2.09 bits per heavy atom. The predicted molar refractivity (Wildman–Crippen MR) is 84.5 cm³/mol. The van der Waals surface area contributed by atoms with Gasteiger partial charge in [0.2, 0.25) is 5.91 Å². The van der Waals surface area contributed by atoms with Crippen molar-refractivity contribution in [2.75, 3.05) is 23.9 Å². The second-order valence-corrected chi connectivity index (χ2v) is 5.02. The molecule has 2 aromatic carbocycles. The zero-order valence-corrected chi connectivity index (χ0v) is 12.4. The molecule has 6 nitrogen and oxygen atoms in total. The van der Waals surface area contributed by atoms with E-state index in [1.807, 2.05) is 0 Å². The van der Waals surface area contributed by atoms with Gasteiger partial charge in [-0.2, -0.15) is 0 Å². The Labute approximate surface area is 132 Å². The van der Waals surface area contributed by atoms with E-state index in [1.54, 1.807) is 48.5 Å². The maximum atomic E-state index is 12.4. The highest BCUT2D eigenvalue weighted by Gasteiger charge is 2.36. The normalized spacial score (nSPS) is 13.2. The highest BCUT2D eigenvalue weighted by Crippen LogP contribution is 2.28. The number of rotatable bonds is 4. The number of ether oxygens (including phenoxy) is 1. The standard InChI is InChI=1S/C17H14N2O4/c1-23-10-15(20)18-11-6-8-12(9-7-11)19-16(21)13-4-2-3-5-14(13)17(19)22/h2-9H,10H2,1H3,(H,18,20). The number of carbonyl (C=O) groups excluding carboxylic acids is 3. The van der Waals surface area contributed by atoms with Crippen molar-refractivity contribution in [3.63, 3.8) is 0 Å². The number of benzene rings is 2. The van der Waals surface area contributed by atoms with Crippen LogP contribution in [0.1, 0.15) is 20.7 Å². The van der Waals surface area contributed by atoms with Crippen molar-refractivity contribution in [3.8, 4) is 0 Å². The number of carbonyl (C=O) groups is 3. The molecule has 0 bridgehead atoms. The number of anilines is 2. The van der Waals surface area contributed by atoms with Crippen LogP contribution in [0.2, 0.25) is 0 Å². The molecule has 0 unspecified atom stereocenters. The lowest BCUT2D eigenvalue weighted by Crippen LogP contribution is -2.29. The first kappa shape index (κ1) is 14.9. The molecule has 23 heavy (non-hydrogen) atoms. The van der Waals surface area contributed by atoms with Crippen LogP contribution in [-0.4, -0.2) is 31.4 Å². The summed E-state index contributed by atoms with van der Waals surface area (Å²) in [5.41, 5.74) is 1.82. The Morgan fingerprint density at radius 2 is 1.57 bits per heavy atom. The van der Waals surface area contributed by atoms with E-state index < -0.39 is 0 Å². The van der Waals surface area contributed by atoms with Crippen LogP contribution in [0.15, 0.2) is 48.5 Å². The van der Waals surface area contributed by atoms with Gasteiger partial charge in [-0.05, 0) is 36.4 Å².